The van der Waals surface area contributed by atoms with Crippen LogP contribution >= 0.6 is 38.9 Å². The minimum Gasteiger partial charge on any atom is -0.324 e. The van der Waals surface area contributed by atoms with Gasteiger partial charge >= 0.3 is 0 Å². The summed E-state index contributed by atoms with van der Waals surface area (Å²) in [5.74, 6) is 0.937. The number of imidazole rings is 1. The van der Waals surface area contributed by atoms with Crippen LogP contribution in [0.5, 0.6) is 0 Å². The van der Waals surface area contributed by atoms with Crippen molar-refractivity contribution >= 4 is 49.9 Å². The minimum absolute atomic E-state index is 0.110. The lowest BCUT2D eigenvalue weighted by atomic mass is 10.1. The Bertz CT molecular complexity index is 749. The zero-order chi connectivity index (χ0) is 15.0. The van der Waals surface area contributed by atoms with Gasteiger partial charge in [-0.3, -0.25) is 0 Å². The number of fused-ring (bicyclic) bond motifs is 1. The fourth-order valence-corrected chi connectivity index (χ4v) is 3.85. The molecule has 3 aromatic rings. The van der Waals surface area contributed by atoms with Crippen LogP contribution < -0.4 is 0 Å². The first-order valence-corrected chi connectivity index (χ1v) is 9.06. The van der Waals surface area contributed by atoms with Crippen molar-refractivity contribution in [2.45, 2.75) is 31.7 Å². The maximum atomic E-state index is 6.35. The molecule has 2 unspecified atom stereocenters. The van der Waals surface area contributed by atoms with Crippen LogP contribution in [-0.4, -0.2) is 9.55 Å². The molecule has 0 amide bonds. The van der Waals surface area contributed by atoms with Crippen LogP contribution in [0.15, 0.2) is 39.5 Å². The molecule has 21 heavy (non-hydrogen) atoms. The second kappa shape index (κ2) is 6.11. The Morgan fingerprint density at radius 2 is 2.14 bits per heavy atom. The van der Waals surface area contributed by atoms with Gasteiger partial charge in [-0.15, -0.1) is 11.6 Å². The van der Waals surface area contributed by atoms with Crippen molar-refractivity contribution in [2.24, 2.45) is 0 Å². The summed E-state index contributed by atoms with van der Waals surface area (Å²) in [5.41, 5.74) is 3.49. The Hall–Kier alpha value is -0.840. The summed E-state index contributed by atoms with van der Waals surface area (Å²) in [6.07, 6.45) is 0.984. The number of rotatable bonds is 4. The number of hydrogen-bond acceptors (Lipinski definition) is 2. The predicted molar refractivity (Wildman–Crippen MR) is 94.4 cm³/mol. The lowest BCUT2D eigenvalue weighted by Crippen LogP contribution is -2.12. The van der Waals surface area contributed by atoms with Crippen molar-refractivity contribution in [3.8, 4) is 0 Å². The molecular formula is C16H16BrClN2S. The van der Waals surface area contributed by atoms with E-state index in [-0.39, 0.29) is 5.38 Å². The van der Waals surface area contributed by atoms with Crippen molar-refractivity contribution in [1.82, 2.24) is 9.55 Å². The van der Waals surface area contributed by atoms with Crippen LogP contribution in [0.1, 0.15) is 36.7 Å². The summed E-state index contributed by atoms with van der Waals surface area (Å²) in [4.78, 5) is 4.72. The highest BCUT2D eigenvalue weighted by Crippen LogP contribution is 2.31. The van der Waals surface area contributed by atoms with E-state index in [0.717, 1.165) is 27.8 Å². The summed E-state index contributed by atoms with van der Waals surface area (Å²) in [5, 5.41) is 4.21. The predicted octanol–water partition coefficient (Wildman–Crippen LogP) is 5.96. The topological polar surface area (TPSA) is 17.8 Å². The highest BCUT2D eigenvalue weighted by Gasteiger charge is 2.19. The molecule has 0 spiro atoms. The van der Waals surface area contributed by atoms with Gasteiger partial charge in [0, 0.05) is 10.5 Å². The van der Waals surface area contributed by atoms with Gasteiger partial charge in [0.1, 0.15) is 5.82 Å². The van der Waals surface area contributed by atoms with Gasteiger partial charge in [0.05, 0.1) is 16.4 Å². The van der Waals surface area contributed by atoms with Gasteiger partial charge in [-0.25, -0.2) is 4.98 Å². The average Bonchev–Trinajstić information content (AvgIpc) is 3.04. The molecule has 2 atom stereocenters. The van der Waals surface area contributed by atoms with Crippen LogP contribution in [0.4, 0.5) is 0 Å². The van der Waals surface area contributed by atoms with Crippen LogP contribution in [0.2, 0.25) is 0 Å². The molecule has 0 saturated heterocycles. The second-order valence-corrected chi connectivity index (χ2v) is 7.62. The highest BCUT2D eigenvalue weighted by molar-refractivity contribution is 9.10. The third-order valence-electron chi connectivity index (χ3n) is 3.59. The molecule has 0 N–H and O–H groups in total. The molecule has 0 aliphatic carbocycles. The van der Waals surface area contributed by atoms with E-state index in [1.54, 1.807) is 11.3 Å². The number of benzene rings is 1. The minimum atomic E-state index is -0.110. The largest absolute Gasteiger partial charge is 0.324 e. The second-order valence-electron chi connectivity index (χ2n) is 5.27. The van der Waals surface area contributed by atoms with Crippen LogP contribution in [-0.2, 0) is 6.42 Å². The first kappa shape index (κ1) is 15.1. The summed E-state index contributed by atoms with van der Waals surface area (Å²) < 4.78 is 3.34. The van der Waals surface area contributed by atoms with Gasteiger partial charge in [-0.2, -0.15) is 11.3 Å². The zero-order valence-corrected chi connectivity index (χ0v) is 15.0. The average molecular weight is 384 g/mol. The highest BCUT2D eigenvalue weighted by atomic mass is 79.9. The molecule has 2 nitrogen and oxygen atoms in total. The molecule has 1 aromatic carbocycles. The fourth-order valence-electron chi connectivity index (χ4n) is 2.67. The van der Waals surface area contributed by atoms with Gasteiger partial charge in [0.2, 0.25) is 0 Å². The van der Waals surface area contributed by atoms with Crippen LogP contribution in [0.3, 0.4) is 0 Å². The van der Waals surface area contributed by atoms with Crippen LogP contribution in [0.25, 0.3) is 11.0 Å². The SMILES string of the molecule is CC(Cl)c1nc2ccc(Br)cc2n1C(C)Cc1ccsc1. The van der Waals surface area contributed by atoms with Crippen molar-refractivity contribution in [2.75, 3.05) is 0 Å². The Balaban J connectivity index is 2.09. The molecule has 3 rings (SSSR count). The molecule has 2 heterocycles. The maximum absolute atomic E-state index is 6.35. The monoisotopic (exact) mass is 382 g/mol. The molecule has 2 aromatic heterocycles. The molecule has 0 fully saturated rings. The molecule has 0 bridgehead atoms. The van der Waals surface area contributed by atoms with E-state index in [4.69, 9.17) is 16.6 Å². The van der Waals surface area contributed by atoms with Crippen molar-refractivity contribution in [1.29, 1.82) is 0 Å². The third-order valence-corrected chi connectivity index (χ3v) is 5.01. The Morgan fingerprint density at radius 3 is 2.81 bits per heavy atom. The van der Waals surface area contributed by atoms with Crippen molar-refractivity contribution in [3.05, 3.63) is 50.9 Å². The molecule has 5 heteroatoms. The van der Waals surface area contributed by atoms with Crippen molar-refractivity contribution in [3.63, 3.8) is 0 Å². The maximum Gasteiger partial charge on any atom is 0.127 e. The summed E-state index contributed by atoms with van der Waals surface area (Å²) in [7, 11) is 0. The summed E-state index contributed by atoms with van der Waals surface area (Å²) >= 11 is 11.6. The van der Waals surface area contributed by atoms with Crippen LogP contribution in [0, 0.1) is 0 Å². The number of halogens is 2. The summed E-state index contributed by atoms with van der Waals surface area (Å²) in [6.45, 7) is 4.20. The first-order valence-electron chi connectivity index (χ1n) is 6.89. The molecule has 0 aliphatic heterocycles. The van der Waals surface area contributed by atoms with E-state index >= 15 is 0 Å². The smallest absolute Gasteiger partial charge is 0.127 e. The first-order chi connectivity index (χ1) is 10.1. The number of thiophene rings is 1. The van der Waals surface area contributed by atoms with E-state index in [9.17, 15) is 0 Å². The van der Waals surface area contributed by atoms with Gasteiger partial charge in [0.25, 0.3) is 0 Å². The number of aromatic nitrogens is 2. The van der Waals surface area contributed by atoms with E-state index in [2.05, 4.69) is 50.3 Å². The quantitative estimate of drug-likeness (QED) is 0.508. The number of hydrogen-bond donors (Lipinski definition) is 0. The fraction of sp³-hybridized carbons (Fsp3) is 0.312. The Labute approximate surface area is 141 Å². The van der Waals surface area contributed by atoms with Gasteiger partial charge in [0.15, 0.2) is 0 Å². The molecule has 0 radical (unpaired) electrons. The number of alkyl halides is 1. The van der Waals surface area contributed by atoms with Gasteiger partial charge in [-0.05, 0) is 60.9 Å². The molecular weight excluding hydrogens is 368 g/mol. The normalized spacial score (nSPS) is 14.5. The number of nitrogens with zero attached hydrogens (tertiary/aromatic N) is 2. The zero-order valence-electron chi connectivity index (χ0n) is 11.9. The van der Waals surface area contributed by atoms with Gasteiger partial charge in [-0.1, -0.05) is 15.9 Å². The van der Waals surface area contributed by atoms with Crippen molar-refractivity contribution < 1.29 is 0 Å². The Morgan fingerprint density at radius 1 is 1.33 bits per heavy atom. The molecule has 0 saturated carbocycles. The third kappa shape index (κ3) is 3.03. The molecule has 0 aliphatic rings. The Kier molecular flexibility index (Phi) is 4.38. The lowest BCUT2D eigenvalue weighted by molar-refractivity contribution is 0.535. The van der Waals surface area contributed by atoms with Gasteiger partial charge < -0.3 is 4.57 Å². The summed E-state index contributed by atoms with van der Waals surface area (Å²) in [6, 6.07) is 8.67. The lowest BCUT2D eigenvalue weighted by Gasteiger charge is -2.18. The van der Waals surface area contributed by atoms with E-state index in [0.29, 0.717) is 6.04 Å². The standard InChI is InChI=1S/C16H16BrClN2S/c1-10(7-12-5-6-21-9-12)20-15-8-13(17)3-4-14(15)19-16(20)11(2)18/h3-6,8-11H,7H2,1-2H3. The van der Waals surface area contributed by atoms with E-state index in [1.165, 1.54) is 5.56 Å². The van der Waals surface area contributed by atoms with E-state index < -0.39 is 0 Å². The van der Waals surface area contributed by atoms with E-state index in [1.807, 2.05) is 19.1 Å². The molecule has 110 valence electrons.